The number of hydrogen-bond acceptors (Lipinski definition) is 3. The number of carbonyl (C=O) groups excluding carboxylic acids is 1. The lowest BCUT2D eigenvalue weighted by molar-refractivity contribution is -0.123. The van der Waals surface area contributed by atoms with Crippen LogP contribution in [0.25, 0.3) is 0 Å². The first-order valence-corrected chi connectivity index (χ1v) is 7.21. The summed E-state index contributed by atoms with van der Waals surface area (Å²) in [5, 5.41) is 3.30. The molecule has 0 saturated heterocycles. The van der Waals surface area contributed by atoms with Crippen molar-refractivity contribution in [3.05, 3.63) is 21.6 Å². The van der Waals surface area contributed by atoms with Gasteiger partial charge in [-0.25, -0.2) is 0 Å². The van der Waals surface area contributed by atoms with E-state index in [-0.39, 0.29) is 12.5 Å². The highest BCUT2D eigenvalue weighted by atomic mass is 79.9. The molecule has 0 aromatic heterocycles. The standard InChI is InChI=1S/C13H18BrClN2O2/c1-8(2)3-4-17-12(18)7-19-13-10(14)5-9(15)6-11(13)16/h5-6,8H,3-4,7,16H2,1-2H3,(H,17,18). The molecule has 0 spiro atoms. The Morgan fingerprint density at radius 2 is 2.21 bits per heavy atom. The maximum absolute atomic E-state index is 11.6. The van der Waals surface area contributed by atoms with Crippen molar-refractivity contribution in [2.75, 3.05) is 18.9 Å². The Kier molecular flexibility index (Phi) is 6.45. The Balaban J connectivity index is 2.46. The number of carbonyl (C=O) groups is 1. The van der Waals surface area contributed by atoms with Gasteiger partial charge in [-0.2, -0.15) is 0 Å². The summed E-state index contributed by atoms with van der Waals surface area (Å²) >= 11 is 9.14. The van der Waals surface area contributed by atoms with Gasteiger partial charge in [0.15, 0.2) is 12.4 Å². The van der Waals surface area contributed by atoms with Crippen molar-refractivity contribution in [3.63, 3.8) is 0 Å². The minimum Gasteiger partial charge on any atom is -0.480 e. The van der Waals surface area contributed by atoms with Crippen LogP contribution in [0.4, 0.5) is 5.69 Å². The molecule has 1 aromatic rings. The molecule has 0 aliphatic heterocycles. The molecule has 3 N–H and O–H groups in total. The number of ether oxygens (including phenoxy) is 1. The van der Waals surface area contributed by atoms with Crippen molar-refractivity contribution in [2.45, 2.75) is 20.3 Å². The average molecular weight is 350 g/mol. The van der Waals surface area contributed by atoms with Crippen molar-refractivity contribution in [3.8, 4) is 5.75 Å². The van der Waals surface area contributed by atoms with Crippen LogP contribution in [0.3, 0.4) is 0 Å². The van der Waals surface area contributed by atoms with Crippen molar-refractivity contribution in [2.24, 2.45) is 5.92 Å². The zero-order valence-electron chi connectivity index (χ0n) is 11.0. The van der Waals surface area contributed by atoms with E-state index in [1.165, 1.54) is 0 Å². The fraction of sp³-hybridized carbons (Fsp3) is 0.462. The fourth-order valence-corrected chi connectivity index (χ4v) is 2.37. The third-order valence-corrected chi connectivity index (χ3v) is 3.24. The molecule has 6 heteroatoms. The van der Waals surface area contributed by atoms with Gasteiger partial charge >= 0.3 is 0 Å². The van der Waals surface area contributed by atoms with E-state index in [4.69, 9.17) is 22.1 Å². The van der Waals surface area contributed by atoms with Crippen molar-refractivity contribution >= 4 is 39.1 Å². The molecule has 0 heterocycles. The fourth-order valence-electron chi connectivity index (χ4n) is 1.42. The summed E-state index contributed by atoms with van der Waals surface area (Å²) in [6.45, 7) is 4.79. The maximum Gasteiger partial charge on any atom is 0.257 e. The number of amides is 1. The zero-order valence-corrected chi connectivity index (χ0v) is 13.3. The van der Waals surface area contributed by atoms with Crippen molar-refractivity contribution in [1.29, 1.82) is 0 Å². The van der Waals surface area contributed by atoms with Gasteiger partial charge < -0.3 is 15.8 Å². The number of anilines is 1. The van der Waals surface area contributed by atoms with Gasteiger partial charge in [0, 0.05) is 11.6 Å². The second-order valence-corrected chi connectivity index (χ2v) is 5.92. The summed E-state index contributed by atoms with van der Waals surface area (Å²) in [5.41, 5.74) is 6.17. The van der Waals surface area contributed by atoms with Gasteiger partial charge in [-0.3, -0.25) is 4.79 Å². The molecule has 0 aliphatic carbocycles. The van der Waals surface area contributed by atoms with E-state index >= 15 is 0 Å². The molecule has 0 unspecified atom stereocenters. The monoisotopic (exact) mass is 348 g/mol. The quantitative estimate of drug-likeness (QED) is 0.775. The Morgan fingerprint density at radius 1 is 1.53 bits per heavy atom. The van der Waals surface area contributed by atoms with Crippen LogP contribution in [0.1, 0.15) is 20.3 Å². The molecule has 106 valence electrons. The van der Waals surface area contributed by atoms with E-state index in [2.05, 4.69) is 35.1 Å². The highest BCUT2D eigenvalue weighted by Crippen LogP contribution is 2.34. The first-order chi connectivity index (χ1) is 8.90. The topological polar surface area (TPSA) is 64.3 Å². The van der Waals surface area contributed by atoms with Gasteiger partial charge in [0.1, 0.15) is 0 Å². The number of nitrogens with two attached hydrogens (primary N) is 1. The molecular weight excluding hydrogens is 332 g/mol. The minimum absolute atomic E-state index is 0.0669. The van der Waals surface area contributed by atoms with Crippen molar-refractivity contribution in [1.82, 2.24) is 5.32 Å². The molecule has 1 amide bonds. The number of rotatable bonds is 6. The molecule has 0 bridgehead atoms. The van der Waals surface area contributed by atoms with E-state index in [1.54, 1.807) is 12.1 Å². The summed E-state index contributed by atoms with van der Waals surface area (Å²) in [7, 11) is 0. The first kappa shape index (κ1) is 16.1. The Labute approximate surface area is 126 Å². The molecule has 1 rings (SSSR count). The van der Waals surface area contributed by atoms with Crippen molar-refractivity contribution < 1.29 is 9.53 Å². The Bertz CT molecular complexity index is 429. The van der Waals surface area contributed by atoms with Gasteiger partial charge in [0.2, 0.25) is 0 Å². The normalized spacial score (nSPS) is 10.6. The molecule has 0 radical (unpaired) electrons. The SMILES string of the molecule is CC(C)CCNC(=O)COc1c(N)cc(Cl)cc1Br. The number of nitrogens with one attached hydrogen (secondary N) is 1. The molecule has 1 aromatic carbocycles. The minimum atomic E-state index is -0.165. The predicted octanol–water partition coefficient (Wildman–Crippen LogP) is 3.23. The van der Waals surface area contributed by atoms with E-state index in [0.717, 1.165) is 6.42 Å². The summed E-state index contributed by atoms with van der Waals surface area (Å²) < 4.78 is 6.03. The van der Waals surface area contributed by atoms with Gasteiger partial charge in [-0.1, -0.05) is 25.4 Å². The van der Waals surface area contributed by atoms with E-state index in [9.17, 15) is 4.79 Å². The third-order valence-electron chi connectivity index (χ3n) is 2.43. The highest BCUT2D eigenvalue weighted by molar-refractivity contribution is 9.10. The van der Waals surface area contributed by atoms with Gasteiger partial charge in [0.05, 0.1) is 10.2 Å². The number of nitrogen functional groups attached to an aromatic ring is 1. The zero-order chi connectivity index (χ0) is 14.4. The summed E-state index contributed by atoms with van der Waals surface area (Å²) in [4.78, 5) is 11.6. The lowest BCUT2D eigenvalue weighted by Crippen LogP contribution is -2.30. The number of benzene rings is 1. The lowest BCUT2D eigenvalue weighted by atomic mass is 10.1. The molecule has 0 fully saturated rings. The van der Waals surface area contributed by atoms with Crippen LogP contribution >= 0.6 is 27.5 Å². The smallest absolute Gasteiger partial charge is 0.257 e. The van der Waals surface area contributed by atoms with Crippen LogP contribution in [0.2, 0.25) is 5.02 Å². The third kappa shape index (κ3) is 5.70. The molecule has 0 aliphatic rings. The summed E-state index contributed by atoms with van der Waals surface area (Å²) in [6.07, 6.45) is 0.943. The van der Waals surface area contributed by atoms with Crippen LogP contribution in [0.5, 0.6) is 5.75 Å². The Morgan fingerprint density at radius 3 is 2.79 bits per heavy atom. The van der Waals surface area contributed by atoms with Crippen LogP contribution in [0.15, 0.2) is 16.6 Å². The van der Waals surface area contributed by atoms with E-state index < -0.39 is 0 Å². The number of hydrogen-bond donors (Lipinski definition) is 2. The molecular formula is C13H18BrClN2O2. The molecule has 4 nitrogen and oxygen atoms in total. The second-order valence-electron chi connectivity index (χ2n) is 4.63. The predicted molar refractivity (Wildman–Crippen MR) is 81.5 cm³/mol. The van der Waals surface area contributed by atoms with E-state index in [0.29, 0.717) is 33.4 Å². The Hall–Kier alpha value is -0.940. The lowest BCUT2D eigenvalue weighted by Gasteiger charge is -2.12. The maximum atomic E-state index is 11.6. The molecule has 0 saturated carbocycles. The van der Waals surface area contributed by atoms with Gasteiger partial charge in [0.25, 0.3) is 5.91 Å². The number of halogens is 2. The van der Waals surface area contributed by atoms with Gasteiger partial charge in [-0.15, -0.1) is 0 Å². The van der Waals surface area contributed by atoms with Crippen LogP contribution in [0, 0.1) is 5.92 Å². The van der Waals surface area contributed by atoms with Crippen LogP contribution in [-0.2, 0) is 4.79 Å². The molecule has 19 heavy (non-hydrogen) atoms. The van der Waals surface area contributed by atoms with E-state index in [1.807, 2.05) is 0 Å². The molecule has 0 atom stereocenters. The largest absolute Gasteiger partial charge is 0.480 e. The van der Waals surface area contributed by atoms with Crippen LogP contribution < -0.4 is 15.8 Å². The average Bonchev–Trinajstić information content (AvgIpc) is 2.26. The first-order valence-electron chi connectivity index (χ1n) is 6.04. The summed E-state index contributed by atoms with van der Waals surface area (Å²) in [6, 6.07) is 3.25. The summed E-state index contributed by atoms with van der Waals surface area (Å²) in [5.74, 6) is 0.826. The van der Waals surface area contributed by atoms with Gasteiger partial charge in [-0.05, 0) is 40.4 Å². The second kappa shape index (κ2) is 7.60. The highest BCUT2D eigenvalue weighted by Gasteiger charge is 2.10. The van der Waals surface area contributed by atoms with Crippen LogP contribution in [-0.4, -0.2) is 19.1 Å².